The average Bonchev–Trinajstić information content (AvgIpc) is 2.12. The zero-order chi connectivity index (χ0) is 5.98. The molecule has 0 unspecified atom stereocenters. The van der Waals surface area contributed by atoms with Crippen LogP contribution < -0.4 is 5.11 Å². The van der Waals surface area contributed by atoms with Gasteiger partial charge in [-0.3, -0.25) is 0 Å². The van der Waals surface area contributed by atoms with Gasteiger partial charge in [-0.1, -0.05) is 6.08 Å². The third-order valence-electron chi connectivity index (χ3n) is 1.30. The zero-order valence-electron chi connectivity index (χ0n) is 4.52. The summed E-state index contributed by atoms with van der Waals surface area (Å²) in [5.41, 5.74) is 0.477. The van der Waals surface area contributed by atoms with E-state index in [2.05, 4.69) is 0 Å². The van der Waals surface area contributed by atoms with Crippen LogP contribution in [0.4, 0.5) is 0 Å². The Kier molecular flexibility index (Phi) is 1.33. The Morgan fingerprint density at radius 3 is 2.75 bits per heavy atom. The summed E-state index contributed by atoms with van der Waals surface area (Å²) in [4.78, 5) is 10.0. The van der Waals surface area contributed by atoms with E-state index >= 15 is 0 Å². The van der Waals surface area contributed by atoms with Crippen molar-refractivity contribution in [3.8, 4) is 0 Å². The van der Waals surface area contributed by atoms with E-state index in [1.807, 2.05) is 0 Å². The molecule has 0 spiro atoms. The molecule has 0 saturated carbocycles. The fourth-order valence-corrected chi connectivity index (χ4v) is 0.856. The third-order valence-corrected chi connectivity index (χ3v) is 1.30. The van der Waals surface area contributed by atoms with Gasteiger partial charge in [0, 0.05) is 0 Å². The van der Waals surface area contributed by atoms with Crippen molar-refractivity contribution in [3.05, 3.63) is 11.6 Å². The summed E-state index contributed by atoms with van der Waals surface area (Å²) in [6, 6.07) is 0. The zero-order valence-corrected chi connectivity index (χ0v) is 4.52. The molecule has 2 nitrogen and oxygen atoms in total. The minimum Gasteiger partial charge on any atom is -0.545 e. The number of hydrogen-bond acceptors (Lipinski definition) is 2. The Balaban J connectivity index is 2.57. The van der Waals surface area contributed by atoms with Crippen LogP contribution in [0.3, 0.4) is 0 Å². The van der Waals surface area contributed by atoms with E-state index in [1.165, 1.54) is 0 Å². The Morgan fingerprint density at radius 1 is 1.75 bits per heavy atom. The lowest BCUT2D eigenvalue weighted by Gasteiger charge is -1.98. The molecular weight excluding hydrogens is 104 g/mol. The Labute approximate surface area is 47.8 Å². The predicted molar refractivity (Wildman–Crippen MR) is 26.9 cm³/mol. The van der Waals surface area contributed by atoms with Gasteiger partial charge in [0.1, 0.15) is 0 Å². The normalized spacial score (nSPS) is 18.2. The number of carboxylic acids is 1. The largest absolute Gasteiger partial charge is 0.545 e. The van der Waals surface area contributed by atoms with Crippen LogP contribution in [-0.4, -0.2) is 5.97 Å². The summed E-state index contributed by atoms with van der Waals surface area (Å²) in [6.45, 7) is 0. The average molecular weight is 111 g/mol. The highest BCUT2D eigenvalue weighted by Crippen LogP contribution is 2.15. The molecule has 2 heteroatoms. The second-order valence-corrected chi connectivity index (χ2v) is 1.91. The van der Waals surface area contributed by atoms with Crippen molar-refractivity contribution in [2.24, 2.45) is 0 Å². The van der Waals surface area contributed by atoms with Crippen LogP contribution in [0.15, 0.2) is 11.6 Å². The minimum atomic E-state index is -0.998. The summed E-state index contributed by atoms with van der Waals surface area (Å²) in [5, 5.41) is 10.0. The van der Waals surface area contributed by atoms with Gasteiger partial charge in [0.25, 0.3) is 0 Å². The van der Waals surface area contributed by atoms with Crippen molar-refractivity contribution in [1.82, 2.24) is 0 Å². The summed E-state index contributed by atoms with van der Waals surface area (Å²) in [7, 11) is 0. The molecule has 1 rings (SSSR count). The smallest absolute Gasteiger partial charge is 0.0671 e. The lowest BCUT2D eigenvalue weighted by Crippen LogP contribution is -2.23. The quantitative estimate of drug-likeness (QED) is 0.472. The van der Waals surface area contributed by atoms with Crippen LogP contribution in [0.1, 0.15) is 19.3 Å². The highest BCUT2D eigenvalue weighted by molar-refractivity contribution is 5.85. The maximum atomic E-state index is 10.0. The molecule has 0 aromatic rings. The van der Waals surface area contributed by atoms with E-state index < -0.39 is 5.97 Å². The van der Waals surface area contributed by atoms with E-state index in [9.17, 15) is 9.90 Å². The first-order chi connectivity index (χ1) is 3.80. The molecule has 0 aromatic heterocycles. The van der Waals surface area contributed by atoms with Gasteiger partial charge in [-0.2, -0.15) is 0 Å². The van der Waals surface area contributed by atoms with Crippen molar-refractivity contribution < 1.29 is 9.90 Å². The Hall–Kier alpha value is -0.790. The number of carboxylic acid groups (broad SMARTS) is 1. The highest BCUT2D eigenvalue weighted by atomic mass is 16.4. The van der Waals surface area contributed by atoms with Gasteiger partial charge >= 0.3 is 0 Å². The summed E-state index contributed by atoms with van der Waals surface area (Å²) in [6.07, 6.45) is 4.31. The van der Waals surface area contributed by atoms with Gasteiger partial charge in [0.15, 0.2) is 0 Å². The fourth-order valence-electron chi connectivity index (χ4n) is 0.856. The molecule has 1 aliphatic carbocycles. The van der Waals surface area contributed by atoms with Gasteiger partial charge in [-0.15, -0.1) is 0 Å². The first-order valence-corrected chi connectivity index (χ1v) is 2.71. The van der Waals surface area contributed by atoms with Gasteiger partial charge in [0.05, 0.1) is 5.97 Å². The van der Waals surface area contributed by atoms with E-state index in [1.54, 1.807) is 6.08 Å². The number of allylic oxidation sites excluding steroid dienone is 1. The van der Waals surface area contributed by atoms with E-state index in [-0.39, 0.29) is 0 Å². The van der Waals surface area contributed by atoms with Crippen LogP contribution in [-0.2, 0) is 4.79 Å². The topological polar surface area (TPSA) is 40.1 Å². The molecule has 44 valence electrons. The summed E-state index contributed by atoms with van der Waals surface area (Å²) < 4.78 is 0. The monoisotopic (exact) mass is 111 g/mol. The molecule has 0 saturated heterocycles. The molecule has 0 amide bonds. The van der Waals surface area contributed by atoms with Crippen molar-refractivity contribution in [2.45, 2.75) is 19.3 Å². The van der Waals surface area contributed by atoms with Gasteiger partial charge in [0.2, 0.25) is 0 Å². The maximum absolute atomic E-state index is 10.0. The van der Waals surface area contributed by atoms with Gasteiger partial charge in [-0.05, 0) is 24.8 Å². The number of aliphatic carboxylic acids is 1. The van der Waals surface area contributed by atoms with Crippen LogP contribution in [0.5, 0.6) is 0 Å². The second kappa shape index (κ2) is 1.99. The van der Waals surface area contributed by atoms with Crippen LogP contribution in [0.25, 0.3) is 0 Å². The molecule has 0 atom stereocenters. The van der Waals surface area contributed by atoms with Crippen molar-refractivity contribution in [2.75, 3.05) is 0 Å². The van der Waals surface area contributed by atoms with Gasteiger partial charge < -0.3 is 9.90 Å². The predicted octanol–water partition coefficient (Wildman–Crippen LogP) is -0.153. The number of carbonyl (C=O) groups is 1. The molecule has 0 bridgehead atoms. The summed E-state index contributed by atoms with van der Waals surface area (Å²) >= 11 is 0. The third kappa shape index (κ3) is 0.886. The van der Waals surface area contributed by atoms with Crippen molar-refractivity contribution in [1.29, 1.82) is 0 Å². The fraction of sp³-hybridized carbons (Fsp3) is 0.500. The van der Waals surface area contributed by atoms with Gasteiger partial charge in [-0.25, -0.2) is 0 Å². The minimum absolute atomic E-state index is 0.477. The molecule has 0 aromatic carbocycles. The summed E-state index contributed by atoms with van der Waals surface area (Å²) in [5.74, 6) is -0.998. The van der Waals surface area contributed by atoms with E-state index in [0.717, 1.165) is 12.8 Å². The van der Waals surface area contributed by atoms with Crippen LogP contribution in [0, 0.1) is 0 Å². The molecule has 0 aliphatic heterocycles. The van der Waals surface area contributed by atoms with Crippen molar-refractivity contribution in [3.63, 3.8) is 0 Å². The van der Waals surface area contributed by atoms with Crippen LogP contribution >= 0.6 is 0 Å². The molecule has 0 radical (unpaired) electrons. The lowest BCUT2D eigenvalue weighted by molar-refractivity contribution is -0.299. The first kappa shape index (κ1) is 5.35. The van der Waals surface area contributed by atoms with Crippen LogP contribution in [0.2, 0.25) is 0 Å². The standard InChI is InChI=1S/C6H8O2/c7-6(8)5-3-1-2-4-5/h3H,1-2,4H2,(H,7,8)/p-1. The first-order valence-electron chi connectivity index (χ1n) is 2.71. The lowest BCUT2D eigenvalue weighted by atomic mass is 10.2. The maximum Gasteiger partial charge on any atom is 0.0671 e. The molecular formula is C6H7O2-. The second-order valence-electron chi connectivity index (χ2n) is 1.91. The molecule has 0 fully saturated rings. The molecule has 8 heavy (non-hydrogen) atoms. The molecule has 0 heterocycles. The van der Waals surface area contributed by atoms with E-state index in [0.29, 0.717) is 12.0 Å². The SMILES string of the molecule is O=C([O-])C1=CCCC1. The number of carbonyl (C=O) groups excluding carboxylic acids is 1. The molecule has 1 aliphatic rings. The Morgan fingerprint density at radius 2 is 2.50 bits per heavy atom. The Bertz CT molecular complexity index is 135. The van der Waals surface area contributed by atoms with Crippen molar-refractivity contribution >= 4 is 5.97 Å². The van der Waals surface area contributed by atoms with E-state index in [4.69, 9.17) is 0 Å². The molecule has 0 N–H and O–H groups in total. The highest BCUT2D eigenvalue weighted by Gasteiger charge is 2.02. The number of hydrogen-bond donors (Lipinski definition) is 0. The number of rotatable bonds is 1.